The summed E-state index contributed by atoms with van der Waals surface area (Å²) in [6.07, 6.45) is 6.56. The lowest BCUT2D eigenvalue weighted by Crippen LogP contribution is -2.11. The zero-order valence-electron chi connectivity index (χ0n) is 16.2. The molecule has 1 aromatic carbocycles. The summed E-state index contributed by atoms with van der Waals surface area (Å²) in [5.74, 6) is 1.72. The molecule has 142 valence electrons. The molecule has 1 aliphatic rings. The van der Waals surface area contributed by atoms with Crippen molar-refractivity contribution in [2.75, 3.05) is 0 Å². The van der Waals surface area contributed by atoms with Gasteiger partial charge in [-0.15, -0.1) is 10.2 Å². The van der Waals surface area contributed by atoms with Crippen LogP contribution < -0.4 is 0 Å². The number of aromatic nitrogens is 4. The Hall–Kier alpha value is -2.08. The Kier molecular flexibility index (Phi) is 5.08. The van der Waals surface area contributed by atoms with Crippen LogP contribution in [0.3, 0.4) is 0 Å². The van der Waals surface area contributed by atoms with E-state index in [-0.39, 0.29) is 5.41 Å². The third-order valence-electron chi connectivity index (χ3n) is 5.20. The van der Waals surface area contributed by atoms with E-state index in [2.05, 4.69) is 65.0 Å². The number of nitrogens with zero attached hydrogens (tertiary/aromatic N) is 4. The van der Waals surface area contributed by atoms with Gasteiger partial charge in [0.2, 0.25) is 0 Å². The molecule has 27 heavy (non-hydrogen) atoms. The smallest absolute Gasteiger partial charge is 0.192 e. The van der Waals surface area contributed by atoms with Crippen LogP contribution in [-0.2, 0) is 11.2 Å². The molecular weight excluding hydrogens is 356 g/mol. The van der Waals surface area contributed by atoms with Gasteiger partial charge in [0.1, 0.15) is 6.26 Å². The van der Waals surface area contributed by atoms with Crippen LogP contribution in [0.25, 0.3) is 11.4 Å². The fourth-order valence-corrected chi connectivity index (χ4v) is 4.53. The Morgan fingerprint density at radius 2 is 1.81 bits per heavy atom. The maximum Gasteiger partial charge on any atom is 0.192 e. The minimum Gasteiger partial charge on any atom is -0.364 e. The number of thioether (sulfide) groups is 1. The third kappa shape index (κ3) is 3.95. The molecule has 0 amide bonds. The van der Waals surface area contributed by atoms with Gasteiger partial charge in [0, 0.05) is 23.4 Å². The normalized spacial score (nSPS) is 15.5. The van der Waals surface area contributed by atoms with E-state index >= 15 is 0 Å². The summed E-state index contributed by atoms with van der Waals surface area (Å²) in [6, 6.07) is 11.2. The molecule has 1 fully saturated rings. The molecule has 1 aliphatic carbocycles. The van der Waals surface area contributed by atoms with Gasteiger partial charge in [-0.1, -0.05) is 74.8 Å². The lowest BCUT2D eigenvalue weighted by Gasteiger charge is -2.20. The van der Waals surface area contributed by atoms with E-state index in [4.69, 9.17) is 4.52 Å². The van der Waals surface area contributed by atoms with Gasteiger partial charge in [0.15, 0.2) is 11.0 Å². The maximum atomic E-state index is 4.94. The van der Waals surface area contributed by atoms with E-state index in [0.717, 1.165) is 28.0 Å². The van der Waals surface area contributed by atoms with E-state index in [0.29, 0.717) is 6.04 Å². The molecule has 5 nitrogen and oxygen atoms in total. The van der Waals surface area contributed by atoms with E-state index in [1.165, 1.54) is 31.2 Å². The predicted molar refractivity (Wildman–Crippen MR) is 108 cm³/mol. The molecule has 0 N–H and O–H groups in total. The topological polar surface area (TPSA) is 56.7 Å². The van der Waals surface area contributed by atoms with Crippen molar-refractivity contribution in [1.29, 1.82) is 0 Å². The quantitative estimate of drug-likeness (QED) is 0.535. The van der Waals surface area contributed by atoms with E-state index in [1.807, 2.05) is 6.07 Å². The van der Waals surface area contributed by atoms with Gasteiger partial charge in [-0.05, 0) is 23.8 Å². The van der Waals surface area contributed by atoms with Crippen LogP contribution >= 0.6 is 11.8 Å². The van der Waals surface area contributed by atoms with Crippen molar-refractivity contribution >= 4 is 11.8 Å². The van der Waals surface area contributed by atoms with Gasteiger partial charge in [0.25, 0.3) is 0 Å². The van der Waals surface area contributed by atoms with Gasteiger partial charge in [-0.2, -0.15) is 0 Å². The van der Waals surface area contributed by atoms with E-state index in [9.17, 15) is 0 Å². The predicted octanol–water partition coefficient (Wildman–Crippen LogP) is 5.64. The summed E-state index contributed by atoms with van der Waals surface area (Å²) in [5, 5.41) is 14.1. The maximum absolute atomic E-state index is 4.94. The van der Waals surface area contributed by atoms with Gasteiger partial charge in [0.05, 0.1) is 5.69 Å². The highest BCUT2D eigenvalue weighted by molar-refractivity contribution is 7.98. The average Bonchev–Trinajstić information content (AvgIpc) is 3.39. The molecule has 0 saturated heterocycles. The van der Waals surface area contributed by atoms with Crippen molar-refractivity contribution < 1.29 is 4.52 Å². The summed E-state index contributed by atoms with van der Waals surface area (Å²) in [7, 11) is 0. The average molecular weight is 383 g/mol. The highest BCUT2D eigenvalue weighted by Crippen LogP contribution is 2.37. The van der Waals surface area contributed by atoms with Crippen LogP contribution in [0.4, 0.5) is 0 Å². The first-order valence-corrected chi connectivity index (χ1v) is 10.6. The summed E-state index contributed by atoms with van der Waals surface area (Å²) >= 11 is 1.68. The van der Waals surface area contributed by atoms with Gasteiger partial charge >= 0.3 is 0 Å². The second-order valence-electron chi connectivity index (χ2n) is 8.22. The lowest BCUT2D eigenvalue weighted by molar-refractivity contribution is 0.414. The molecule has 0 aliphatic heterocycles. The highest BCUT2D eigenvalue weighted by atomic mass is 32.2. The largest absolute Gasteiger partial charge is 0.364 e. The third-order valence-corrected chi connectivity index (χ3v) is 6.18. The molecule has 0 atom stereocenters. The molecule has 0 spiro atoms. The van der Waals surface area contributed by atoms with Gasteiger partial charge in [-0.25, -0.2) is 0 Å². The fraction of sp³-hybridized carbons (Fsp3) is 0.476. The summed E-state index contributed by atoms with van der Waals surface area (Å²) in [4.78, 5) is 0. The summed E-state index contributed by atoms with van der Waals surface area (Å²) in [5.41, 5.74) is 3.54. The summed E-state index contributed by atoms with van der Waals surface area (Å²) in [6.45, 7) is 6.71. The zero-order valence-corrected chi connectivity index (χ0v) is 17.0. The van der Waals surface area contributed by atoms with Crippen LogP contribution in [0, 0.1) is 0 Å². The molecule has 4 rings (SSSR count). The van der Waals surface area contributed by atoms with Crippen molar-refractivity contribution in [3.05, 3.63) is 47.9 Å². The van der Waals surface area contributed by atoms with Gasteiger partial charge < -0.3 is 4.52 Å². The van der Waals surface area contributed by atoms with E-state index < -0.39 is 0 Å². The minimum atomic E-state index is 0.149. The molecule has 3 aromatic rings. The Morgan fingerprint density at radius 3 is 2.44 bits per heavy atom. The van der Waals surface area contributed by atoms with Crippen molar-refractivity contribution in [1.82, 2.24) is 19.9 Å². The Labute approximate surface area is 164 Å². The lowest BCUT2D eigenvalue weighted by atomic mass is 9.86. The molecular formula is C21H26N4OS. The van der Waals surface area contributed by atoms with Crippen molar-refractivity contribution in [2.24, 2.45) is 0 Å². The minimum absolute atomic E-state index is 0.149. The number of benzene rings is 1. The first-order chi connectivity index (χ1) is 13.0. The standard InChI is InChI=1S/C21H26N4OS/c1-21(2,3)16-10-8-15(9-11-16)19-22-23-20(25(19)18-6-4-5-7-18)27-14-17-12-13-26-24-17/h8-13,18H,4-7,14H2,1-3H3. The van der Waals surface area contributed by atoms with Crippen LogP contribution in [0.1, 0.15) is 63.8 Å². The summed E-state index contributed by atoms with van der Waals surface area (Å²) < 4.78 is 7.29. The second-order valence-corrected chi connectivity index (χ2v) is 9.16. The second kappa shape index (κ2) is 7.50. The molecule has 2 aromatic heterocycles. The van der Waals surface area contributed by atoms with Crippen molar-refractivity contribution in [3.8, 4) is 11.4 Å². The first kappa shape index (κ1) is 18.3. The van der Waals surface area contributed by atoms with Crippen molar-refractivity contribution in [2.45, 2.75) is 68.8 Å². The fourth-order valence-electron chi connectivity index (χ4n) is 3.63. The van der Waals surface area contributed by atoms with Crippen molar-refractivity contribution in [3.63, 3.8) is 0 Å². The molecule has 0 bridgehead atoms. The SMILES string of the molecule is CC(C)(C)c1ccc(-c2nnc(SCc3ccon3)n2C2CCCC2)cc1. The van der Waals surface area contributed by atoms with E-state index in [1.54, 1.807) is 18.0 Å². The zero-order chi connectivity index (χ0) is 18.9. The van der Waals surface area contributed by atoms with Gasteiger partial charge in [-0.3, -0.25) is 4.57 Å². The molecule has 1 saturated carbocycles. The molecule has 2 heterocycles. The number of hydrogen-bond acceptors (Lipinski definition) is 5. The monoisotopic (exact) mass is 382 g/mol. The Bertz CT molecular complexity index is 872. The number of rotatable bonds is 5. The Morgan fingerprint density at radius 1 is 1.07 bits per heavy atom. The van der Waals surface area contributed by atoms with Crippen LogP contribution in [-0.4, -0.2) is 19.9 Å². The number of hydrogen-bond donors (Lipinski definition) is 0. The first-order valence-electron chi connectivity index (χ1n) is 9.60. The highest BCUT2D eigenvalue weighted by Gasteiger charge is 2.25. The molecule has 0 radical (unpaired) electrons. The van der Waals surface area contributed by atoms with Crippen LogP contribution in [0.2, 0.25) is 0 Å². The Balaban J connectivity index is 1.65. The van der Waals surface area contributed by atoms with Crippen LogP contribution in [0.5, 0.6) is 0 Å². The molecule has 6 heteroatoms. The molecule has 0 unspecified atom stereocenters. The van der Waals surface area contributed by atoms with Crippen LogP contribution in [0.15, 0.2) is 46.3 Å².